The summed E-state index contributed by atoms with van der Waals surface area (Å²) in [6.45, 7) is 4.35. The molecule has 1 heterocycles. The molecule has 0 unspecified atom stereocenters. The Morgan fingerprint density at radius 1 is 1.16 bits per heavy atom. The van der Waals surface area contributed by atoms with Gasteiger partial charge in [-0.1, -0.05) is 28.9 Å². The molecule has 2 aromatic carbocycles. The average Bonchev–Trinajstić information content (AvgIpc) is 3.41. The summed E-state index contributed by atoms with van der Waals surface area (Å²) >= 11 is 6.00. The van der Waals surface area contributed by atoms with Crippen LogP contribution in [0.3, 0.4) is 0 Å². The lowest BCUT2D eigenvalue weighted by molar-refractivity contribution is 0.0532. The van der Waals surface area contributed by atoms with Gasteiger partial charge >= 0.3 is 0 Å². The highest BCUT2D eigenvalue weighted by atomic mass is 35.5. The largest absolute Gasteiger partial charge is 0.490 e. The summed E-state index contributed by atoms with van der Waals surface area (Å²) in [6, 6.07) is 11.8. The van der Waals surface area contributed by atoms with E-state index in [0.717, 1.165) is 34.6 Å². The Morgan fingerprint density at radius 3 is 2.47 bits per heavy atom. The van der Waals surface area contributed by atoms with Crippen LogP contribution < -0.4 is 4.74 Å². The van der Waals surface area contributed by atoms with Crippen molar-refractivity contribution in [1.29, 1.82) is 0 Å². The summed E-state index contributed by atoms with van der Waals surface area (Å²) in [6.07, 6.45) is 1.26. The fourth-order valence-corrected chi connectivity index (χ4v) is 3.90. The summed E-state index contributed by atoms with van der Waals surface area (Å²) < 4.78 is 17.0. The van der Waals surface area contributed by atoms with E-state index in [1.165, 1.54) is 5.56 Å². The molecule has 1 aliphatic rings. The number of aliphatic hydroxyl groups is 2. The van der Waals surface area contributed by atoms with Crippen LogP contribution in [-0.4, -0.2) is 46.3 Å². The van der Waals surface area contributed by atoms with Crippen molar-refractivity contribution in [3.05, 3.63) is 64.0 Å². The van der Waals surface area contributed by atoms with Gasteiger partial charge in [0.05, 0.1) is 13.2 Å². The predicted octanol–water partition coefficient (Wildman–Crippen LogP) is 3.99. The number of rotatable bonds is 10. The first-order chi connectivity index (χ1) is 15.4. The Labute approximate surface area is 191 Å². The standard InChI is InChI=1S/C24H27ClN2O5/c1-15-9-17(10-16(2)22(15)31-12-20(29)11-28)23-26-21(32-27-23)13-30-14-24(7-8-24)18-3-5-19(25)6-4-18/h3-6,9-10,20,28-29H,7-8,11-14H2,1-2H3/t20-/m0/s1. The molecular formula is C24H27ClN2O5. The maximum atomic E-state index is 9.51. The van der Waals surface area contributed by atoms with Gasteiger partial charge in [-0.2, -0.15) is 4.98 Å². The summed E-state index contributed by atoms with van der Waals surface area (Å²) in [7, 11) is 0. The summed E-state index contributed by atoms with van der Waals surface area (Å²) in [5, 5.41) is 23.3. The van der Waals surface area contributed by atoms with Crippen molar-refractivity contribution in [2.45, 2.75) is 44.8 Å². The van der Waals surface area contributed by atoms with Crippen LogP contribution in [0, 0.1) is 13.8 Å². The maximum Gasteiger partial charge on any atom is 0.252 e. The van der Waals surface area contributed by atoms with E-state index in [-0.39, 0.29) is 25.2 Å². The van der Waals surface area contributed by atoms with E-state index in [1.54, 1.807) is 0 Å². The van der Waals surface area contributed by atoms with Crippen LogP contribution in [-0.2, 0) is 16.8 Å². The van der Waals surface area contributed by atoms with Gasteiger partial charge in [-0.15, -0.1) is 0 Å². The van der Waals surface area contributed by atoms with Gasteiger partial charge < -0.3 is 24.2 Å². The zero-order chi connectivity index (χ0) is 22.7. The third kappa shape index (κ3) is 5.13. The van der Waals surface area contributed by atoms with Crippen LogP contribution in [0.25, 0.3) is 11.4 Å². The molecule has 0 aliphatic heterocycles. The number of hydrogen-bond acceptors (Lipinski definition) is 7. The van der Waals surface area contributed by atoms with Crippen molar-refractivity contribution in [3.63, 3.8) is 0 Å². The average molecular weight is 459 g/mol. The second kappa shape index (κ2) is 9.58. The second-order valence-electron chi connectivity index (χ2n) is 8.38. The quantitative estimate of drug-likeness (QED) is 0.474. The van der Waals surface area contributed by atoms with Crippen molar-refractivity contribution in [2.24, 2.45) is 0 Å². The molecule has 7 nitrogen and oxygen atoms in total. The molecule has 0 amide bonds. The van der Waals surface area contributed by atoms with Crippen molar-refractivity contribution < 1.29 is 24.2 Å². The molecule has 8 heteroatoms. The lowest BCUT2D eigenvalue weighted by Gasteiger charge is -2.15. The number of nitrogens with zero attached hydrogens (tertiary/aromatic N) is 2. The minimum Gasteiger partial charge on any atom is -0.490 e. The van der Waals surface area contributed by atoms with Crippen LogP contribution in [0.1, 0.15) is 35.4 Å². The van der Waals surface area contributed by atoms with E-state index < -0.39 is 6.10 Å². The predicted molar refractivity (Wildman–Crippen MR) is 120 cm³/mol. The van der Waals surface area contributed by atoms with Crippen LogP contribution in [0.5, 0.6) is 5.75 Å². The van der Waals surface area contributed by atoms with E-state index in [0.29, 0.717) is 24.1 Å². The fraction of sp³-hybridized carbons (Fsp3) is 0.417. The Morgan fingerprint density at radius 2 is 1.84 bits per heavy atom. The zero-order valence-electron chi connectivity index (χ0n) is 18.2. The number of benzene rings is 2. The number of hydrogen-bond donors (Lipinski definition) is 2. The van der Waals surface area contributed by atoms with E-state index in [4.69, 9.17) is 30.7 Å². The molecule has 1 fully saturated rings. The molecule has 3 aromatic rings. The molecule has 1 aromatic heterocycles. The Balaban J connectivity index is 1.37. The smallest absolute Gasteiger partial charge is 0.252 e. The van der Waals surface area contributed by atoms with E-state index >= 15 is 0 Å². The topological polar surface area (TPSA) is 97.8 Å². The summed E-state index contributed by atoms with van der Waals surface area (Å²) in [4.78, 5) is 4.47. The van der Waals surface area contributed by atoms with Gasteiger partial charge in [0.15, 0.2) is 0 Å². The molecule has 4 rings (SSSR count). The van der Waals surface area contributed by atoms with Gasteiger partial charge in [0.1, 0.15) is 25.1 Å². The maximum absolute atomic E-state index is 9.51. The number of ether oxygens (including phenoxy) is 2. The van der Waals surface area contributed by atoms with Gasteiger partial charge in [0, 0.05) is 16.0 Å². The monoisotopic (exact) mass is 458 g/mol. The number of aryl methyl sites for hydroxylation is 2. The molecule has 1 saturated carbocycles. The van der Waals surface area contributed by atoms with E-state index in [9.17, 15) is 5.11 Å². The van der Waals surface area contributed by atoms with Crippen LogP contribution in [0.4, 0.5) is 0 Å². The minimum atomic E-state index is -0.914. The Hall–Kier alpha value is -2.45. The molecule has 0 radical (unpaired) electrons. The molecule has 2 N–H and O–H groups in total. The first-order valence-corrected chi connectivity index (χ1v) is 11.0. The van der Waals surface area contributed by atoms with Crippen molar-refractivity contribution >= 4 is 11.6 Å². The van der Waals surface area contributed by atoms with E-state index in [2.05, 4.69) is 22.3 Å². The number of aliphatic hydroxyl groups excluding tert-OH is 2. The molecule has 170 valence electrons. The SMILES string of the molecule is Cc1cc(-c2noc(COCC3(c4ccc(Cl)cc4)CC3)n2)cc(C)c1OC[C@@H](O)CO. The van der Waals surface area contributed by atoms with Gasteiger partial charge in [-0.25, -0.2) is 0 Å². The molecule has 1 aliphatic carbocycles. The Kier molecular flexibility index (Phi) is 6.81. The molecule has 0 saturated heterocycles. The summed E-state index contributed by atoms with van der Waals surface area (Å²) in [5.41, 5.74) is 3.87. The van der Waals surface area contributed by atoms with Crippen molar-refractivity contribution in [1.82, 2.24) is 10.1 Å². The van der Waals surface area contributed by atoms with Crippen molar-refractivity contribution in [2.75, 3.05) is 19.8 Å². The molecule has 0 bridgehead atoms. The summed E-state index contributed by atoms with van der Waals surface area (Å²) in [5.74, 6) is 1.58. The molecule has 1 atom stereocenters. The van der Waals surface area contributed by atoms with Gasteiger partial charge in [-0.3, -0.25) is 0 Å². The van der Waals surface area contributed by atoms with Gasteiger partial charge in [0.25, 0.3) is 5.89 Å². The highest BCUT2D eigenvalue weighted by Gasteiger charge is 2.44. The molecular weight excluding hydrogens is 432 g/mol. The normalized spacial score (nSPS) is 15.5. The highest BCUT2D eigenvalue weighted by molar-refractivity contribution is 6.30. The van der Waals surface area contributed by atoms with Crippen LogP contribution in [0.2, 0.25) is 5.02 Å². The van der Waals surface area contributed by atoms with Crippen LogP contribution >= 0.6 is 11.6 Å². The fourth-order valence-electron chi connectivity index (χ4n) is 3.77. The molecule has 0 spiro atoms. The lowest BCUT2D eigenvalue weighted by atomic mass is 9.97. The third-order valence-corrected chi connectivity index (χ3v) is 5.98. The number of halogens is 1. The second-order valence-corrected chi connectivity index (χ2v) is 8.81. The lowest BCUT2D eigenvalue weighted by Crippen LogP contribution is -2.21. The molecule has 32 heavy (non-hydrogen) atoms. The first kappa shape index (κ1) is 22.7. The first-order valence-electron chi connectivity index (χ1n) is 10.6. The Bertz CT molecular complexity index is 1040. The van der Waals surface area contributed by atoms with Gasteiger partial charge in [-0.05, 0) is 67.6 Å². The third-order valence-electron chi connectivity index (χ3n) is 5.73. The van der Waals surface area contributed by atoms with Crippen LogP contribution in [0.15, 0.2) is 40.9 Å². The number of aromatic nitrogens is 2. The minimum absolute atomic E-state index is 0.0265. The highest BCUT2D eigenvalue weighted by Crippen LogP contribution is 2.48. The zero-order valence-corrected chi connectivity index (χ0v) is 18.9. The van der Waals surface area contributed by atoms with Crippen molar-refractivity contribution in [3.8, 4) is 17.1 Å². The van der Waals surface area contributed by atoms with Gasteiger partial charge in [0.2, 0.25) is 5.82 Å². The van der Waals surface area contributed by atoms with E-state index in [1.807, 2.05) is 38.1 Å².